The van der Waals surface area contributed by atoms with Gasteiger partial charge in [-0.1, -0.05) is 24.3 Å². The molecule has 1 unspecified atom stereocenters. The zero-order valence-electron chi connectivity index (χ0n) is 18.1. The lowest BCUT2D eigenvalue weighted by atomic mass is 10.1. The van der Waals surface area contributed by atoms with Gasteiger partial charge in [0.15, 0.2) is 5.78 Å². The van der Waals surface area contributed by atoms with Gasteiger partial charge in [-0.2, -0.15) is 0 Å². The lowest BCUT2D eigenvalue weighted by molar-refractivity contribution is -0.116. The molecule has 2 amide bonds. The Kier molecular flexibility index (Phi) is 7.23. The number of carbonyl (C=O) groups excluding carboxylic acids is 3. The summed E-state index contributed by atoms with van der Waals surface area (Å²) in [5, 5.41) is 8.71. The molecule has 3 aromatic carbocycles. The molecule has 0 radical (unpaired) electrons. The highest BCUT2D eigenvalue weighted by Crippen LogP contribution is 2.24. The van der Waals surface area contributed by atoms with Crippen molar-refractivity contribution in [1.82, 2.24) is 0 Å². The van der Waals surface area contributed by atoms with Gasteiger partial charge in [0.05, 0.1) is 12.8 Å². The van der Waals surface area contributed by atoms with Crippen LogP contribution in [-0.2, 0) is 4.79 Å². The van der Waals surface area contributed by atoms with Crippen LogP contribution >= 0.6 is 0 Å². The predicted molar refractivity (Wildman–Crippen MR) is 126 cm³/mol. The summed E-state index contributed by atoms with van der Waals surface area (Å²) in [7, 11) is 1.54. The normalized spacial score (nSPS) is 11.2. The molecule has 0 aliphatic heterocycles. The molecule has 32 heavy (non-hydrogen) atoms. The third kappa shape index (κ3) is 5.72. The second-order valence-electron chi connectivity index (χ2n) is 7.22. The topological polar surface area (TPSA) is 96.5 Å². The number of para-hydroxylation sites is 2. The van der Waals surface area contributed by atoms with Gasteiger partial charge in [-0.05, 0) is 62.4 Å². The van der Waals surface area contributed by atoms with Crippen LogP contribution in [0.4, 0.5) is 17.1 Å². The summed E-state index contributed by atoms with van der Waals surface area (Å²) in [6.45, 7) is 3.22. The Bertz CT molecular complexity index is 1130. The van der Waals surface area contributed by atoms with E-state index in [0.29, 0.717) is 33.9 Å². The number of benzene rings is 3. The molecule has 1 atom stereocenters. The van der Waals surface area contributed by atoms with Crippen molar-refractivity contribution in [3.63, 3.8) is 0 Å². The van der Waals surface area contributed by atoms with Gasteiger partial charge in [-0.3, -0.25) is 14.4 Å². The number of hydrogen-bond donors (Lipinski definition) is 3. The highest BCUT2D eigenvalue weighted by molar-refractivity contribution is 6.05. The number of ether oxygens (including phenoxy) is 1. The first kappa shape index (κ1) is 22.6. The number of hydrogen-bond acceptors (Lipinski definition) is 5. The van der Waals surface area contributed by atoms with Crippen LogP contribution in [0.15, 0.2) is 72.8 Å². The van der Waals surface area contributed by atoms with E-state index in [9.17, 15) is 14.4 Å². The van der Waals surface area contributed by atoms with Crippen LogP contribution in [-0.4, -0.2) is 30.7 Å². The van der Waals surface area contributed by atoms with E-state index in [4.69, 9.17) is 4.74 Å². The van der Waals surface area contributed by atoms with Crippen LogP contribution in [0.3, 0.4) is 0 Å². The molecule has 0 saturated heterocycles. The SMILES string of the molecule is COc1ccccc1NC(=O)c1ccc(NC(=O)C(C)Nc2cccc(C(C)=O)c2)cc1. The molecule has 3 aromatic rings. The Morgan fingerprint density at radius 1 is 0.812 bits per heavy atom. The first-order valence-electron chi connectivity index (χ1n) is 10.1. The number of carbonyl (C=O) groups is 3. The second-order valence-corrected chi connectivity index (χ2v) is 7.22. The van der Waals surface area contributed by atoms with Gasteiger partial charge in [-0.25, -0.2) is 0 Å². The van der Waals surface area contributed by atoms with E-state index in [2.05, 4.69) is 16.0 Å². The van der Waals surface area contributed by atoms with Gasteiger partial charge in [0.25, 0.3) is 5.91 Å². The molecule has 0 aliphatic carbocycles. The smallest absolute Gasteiger partial charge is 0.255 e. The van der Waals surface area contributed by atoms with Crippen LogP contribution in [0.1, 0.15) is 34.6 Å². The van der Waals surface area contributed by atoms with Gasteiger partial charge in [0.1, 0.15) is 11.8 Å². The van der Waals surface area contributed by atoms with Crippen LogP contribution in [0.5, 0.6) is 5.75 Å². The van der Waals surface area contributed by atoms with Crippen molar-refractivity contribution in [2.75, 3.05) is 23.1 Å². The summed E-state index contributed by atoms with van der Waals surface area (Å²) >= 11 is 0. The first-order valence-corrected chi connectivity index (χ1v) is 10.1. The monoisotopic (exact) mass is 431 g/mol. The first-order chi connectivity index (χ1) is 15.4. The van der Waals surface area contributed by atoms with Crippen molar-refractivity contribution in [1.29, 1.82) is 0 Å². The minimum absolute atomic E-state index is 0.0411. The van der Waals surface area contributed by atoms with E-state index >= 15 is 0 Å². The summed E-state index contributed by atoms with van der Waals surface area (Å²) in [6, 6.07) is 20.2. The number of nitrogens with one attached hydrogen (secondary N) is 3. The Balaban J connectivity index is 1.60. The van der Waals surface area contributed by atoms with Crippen molar-refractivity contribution in [2.24, 2.45) is 0 Å². The summed E-state index contributed by atoms with van der Waals surface area (Å²) in [4.78, 5) is 36.6. The molecule has 164 valence electrons. The summed E-state index contributed by atoms with van der Waals surface area (Å²) in [5.41, 5.74) is 2.84. The average Bonchev–Trinajstić information content (AvgIpc) is 2.80. The van der Waals surface area contributed by atoms with Crippen molar-refractivity contribution in [2.45, 2.75) is 19.9 Å². The van der Waals surface area contributed by atoms with Crippen molar-refractivity contribution in [3.8, 4) is 5.75 Å². The number of amides is 2. The van der Waals surface area contributed by atoms with E-state index in [1.165, 1.54) is 6.92 Å². The largest absolute Gasteiger partial charge is 0.495 e. The van der Waals surface area contributed by atoms with Gasteiger partial charge in [0, 0.05) is 22.5 Å². The van der Waals surface area contributed by atoms with Crippen molar-refractivity contribution < 1.29 is 19.1 Å². The van der Waals surface area contributed by atoms with Crippen molar-refractivity contribution in [3.05, 3.63) is 83.9 Å². The summed E-state index contributed by atoms with van der Waals surface area (Å²) in [6.07, 6.45) is 0. The molecular formula is C25H25N3O4. The second kappa shape index (κ2) is 10.3. The van der Waals surface area contributed by atoms with Gasteiger partial charge < -0.3 is 20.7 Å². The Hall–Kier alpha value is -4.13. The fourth-order valence-electron chi connectivity index (χ4n) is 3.04. The minimum atomic E-state index is -0.536. The lowest BCUT2D eigenvalue weighted by Gasteiger charge is -2.16. The molecule has 7 nitrogen and oxygen atoms in total. The Labute approximate surface area is 186 Å². The van der Waals surface area contributed by atoms with E-state index in [-0.39, 0.29) is 17.6 Å². The number of rotatable bonds is 8. The Morgan fingerprint density at radius 2 is 1.53 bits per heavy atom. The Morgan fingerprint density at radius 3 is 2.22 bits per heavy atom. The third-order valence-electron chi connectivity index (χ3n) is 4.82. The molecule has 7 heteroatoms. The van der Waals surface area contributed by atoms with Crippen LogP contribution in [0.25, 0.3) is 0 Å². The third-order valence-corrected chi connectivity index (χ3v) is 4.82. The van der Waals surface area contributed by atoms with Gasteiger partial charge in [-0.15, -0.1) is 0 Å². The number of anilines is 3. The highest BCUT2D eigenvalue weighted by atomic mass is 16.5. The van der Waals surface area contributed by atoms with Gasteiger partial charge in [0.2, 0.25) is 5.91 Å². The predicted octanol–water partition coefficient (Wildman–Crippen LogP) is 4.59. The van der Waals surface area contributed by atoms with Crippen LogP contribution in [0, 0.1) is 0 Å². The maximum atomic E-state index is 12.5. The molecule has 0 aromatic heterocycles. The maximum Gasteiger partial charge on any atom is 0.255 e. The number of methoxy groups -OCH3 is 1. The van der Waals surface area contributed by atoms with Gasteiger partial charge >= 0.3 is 0 Å². The van der Waals surface area contributed by atoms with E-state index in [1.54, 1.807) is 74.7 Å². The zero-order valence-corrected chi connectivity index (χ0v) is 18.1. The van der Waals surface area contributed by atoms with E-state index in [0.717, 1.165) is 0 Å². The maximum absolute atomic E-state index is 12.5. The molecule has 0 heterocycles. The standard InChI is InChI=1S/C25H25N3O4/c1-16(26-21-8-6-7-19(15-21)17(2)29)24(30)27-20-13-11-18(12-14-20)25(31)28-22-9-4-5-10-23(22)32-3/h4-16,26H,1-3H3,(H,27,30)(H,28,31). The number of Topliss-reactive ketones (excluding diaryl/α,β-unsaturated/α-hetero) is 1. The minimum Gasteiger partial charge on any atom is -0.495 e. The van der Waals surface area contributed by atoms with E-state index in [1.807, 2.05) is 12.1 Å². The highest BCUT2D eigenvalue weighted by Gasteiger charge is 2.14. The fraction of sp³-hybridized carbons (Fsp3) is 0.160. The molecule has 0 saturated carbocycles. The fourth-order valence-corrected chi connectivity index (χ4v) is 3.04. The quantitative estimate of drug-likeness (QED) is 0.454. The molecule has 0 spiro atoms. The molecule has 0 aliphatic rings. The van der Waals surface area contributed by atoms with Crippen LogP contribution in [0.2, 0.25) is 0 Å². The molecular weight excluding hydrogens is 406 g/mol. The van der Waals surface area contributed by atoms with Crippen LogP contribution < -0.4 is 20.7 Å². The summed E-state index contributed by atoms with van der Waals surface area (Å²) < 4.78 is 5.24. The lowest BCUT2D eigenvalue weighted by Crippen LogP contribution is -2.31. The molecule has 0 bridgehead atoms. The van der Waals surface area contributed by atoms with Crippen molar-refractivity contribution >= 4 is 34.7 Å². The zero-order chi connectivity index (χ0) is 23.1. The molecule has 0 fully saturated rings. The molecule has 3 N–H and O–H groups in total. The molecule has 3 rings (SSSR count). The van der Waals surface area contributed by atoms with E-state index < -0.39 is 6.04 Å². The average molecular weight is 431 g/mol. The summed E-state index contributed by atoms with van der Waals surface area (Å²) in [5.74, 6) is -0.00198. The number of ketones is 1.